The fourth-order valence-corrected chi connectivity index (χ4v) is 2.91. The Labute approximate surface area is 118 Å². The van der Waals surface area contributed by atoms with E-state index in [1.54, 1.807) is 13.0 Å². The SMILES string of the molecule is CNS(=O)(=O)N1CCN(c2nc(C)cc(C#N)n2)CC1. The highest BCUT2D eigenvalue weighted by atomic mass is 32.2. The van der Waals surface area contributed by atoms with E-state index >= 15 is 0 Å². The molecule has 1 aromatic rings. The van der Waals surface area contributed by atoms with E-state index in [9.17, 15) is 8.42 Å². The number of aryl methyl sites for hydroxylation is 1. The van der Waals surface area contributed by atoms with Gasteiger partial charge in [0.05, 0.1) is 0 Å². The van der Waals surface area contributed by atoms with E-state index in [2.05, 4.69) is 14.7 Å². The minimum absolute atomic E-state index is 0.317. The van der Waals surface area contributed by atoms with Gasteiger partial charge < -0.3 is 4.90 Å². The molecule has 0 saturated carbocycles. The highest BCUT2D eigenvalue weighted by molar-refractivity contribution is 7.87. The maximum atomic E-state index is 11.7. The molecule has 0 aromatic carbocycles. The predicted molar refractivity (Wildman–Crippen MR) is 73.2 cm³/mol. The fraction of sp³-hybridized carbons (Fsp3) is 0.545. The van der Waals surface area contributed by atoms with Crippen molar-refractivity contribution in [2.24, 2.45) is 0 Å². The number of aromatic nitrogens is 2. The summed E-state index contributed by atoms with van der Waals surface area (Å²) >= 11 is 0. The first kappa shape index (κ1) is 14.6. The number of anilines is 1. The van der Waals surface area contributed by atoms with Crippen molar-refractivity contribution in [1.82, 2.24) is 19.0 Å². The molecule has 108 valence electrons. The van der Waals surface area contributed by atoms with Crippen LogP contribution in [0.4, 0.5) is 5.95 Å². The Morgan fingerprint density at radius 3 is 2.50 bits per heavy atom. The van der Waals surface area contributed by atoms with Crippen LogP contribution < -0.4 is 9.62 Å². The summed E-state index contributed by atoms with van der Waals surface area (Å²) in [5, 5.41) is 8.91. The standard InChI is InChI=1S/C11H16N6O2S/c1-9-7-10(8-12)15-11(14-9)16-3-5-17(6-4-16)20(18,19)13-2/h7,13H,3-6H2,1-2H3. The van der Waals surface area contributed by atoms with Crippen LogP contribution in [0, 0.1) is 18.3 Å². The molecule has 1 aromatic heterocycles. The maximum Gasteiger partial charge on any atom is 0.279 e. The van der Waals surface area contributed by atoms with E-state index in [-0.39, 0.29) is 0 Å². The summed E-state index contributed by atoms with van der Waals surface area (Å²) in [6.07, 6.45) is 0. The number of piperazine rings is 1. The molecule has 20 heavy (non-hydrogen) atoms. The minimum atomic E-state index is -3.38. The molecule has 9 heteroatoms. The lowest BCUT2D eigenvalue weighted by Crippen LogP contribution is -2.51. The van der Waals surface area contributed by atoms with Gasteiger partial charge in [0, 0.05) is 38.9 Å². The van der Waals surface area contributed by atoms with Crippen LogP contribution in [0.3, 0.4) is 0 Å². The summed E-state index contributed by atoms with van der Waals surface area (Å²) in [5.41, 5.74) is 1.04. The third kappa shape index (κ3) is 3.04. The topological polar surface area (TPSA) is 102 Å². The van der Waals surface area contributed by atoms with Crippen LogP contribution in [-0.2, 0) is 10.2 Å². The molecule has 0 amide bonds. The lowest BCUT2D eigenvalue weighted by Gasteiger charge is -2.33. The number of nitriles is 1. The van der Waals surface area contributed by atoms with Crippen molar-refractivity contribution in [3.63, 3.8) is 0 Å². The molecular weight excluding hydrogens is 280 g/mol. The van der Waals surface area contributed by atoms with Gasteiger partial charge in [0.1, 0.15) is 11.8 Å². The molecule has 2 rings (SSSR count). The Balaban J connectivity index is 2.12. The monoisotopic (exact) mass is 296 g/mol. The van der Waals surface area contributed by atoms with Crippen molar-refractivity contribution >= 4 is 16.2 Å². The van der Waals surface area contributed by atoms with Crippen LogP contribution in [0.2, 0.25) is 0 Å². The molecule has 8 nitrogen and oxygen atoms in total. The van der Waals surface area contributed by atoms with Crippen molar-refractivity contribution in [1.29, 1.82) is 5.26 Å². The first-order chi connectivity index (χ1) is 9.46. The van der Waals surface area contributed by atoms with Crippen LogP contribution >= 0.6 is 0 Å². The van der Waals surface area contributed by atoms with Crippen LogP contribution in [0.25, 0.3) is 0 Å². The second-order valence-electron chi connectivity index (χ2n) is 4.40. The lowest BCUT2D eigenvalue weighted by molar-refractivity contribution is 0.378. The highest BCUT2D eigenvalue weighted by Gasteiger charge is 2.26. The number of nitrogens with one attached hydrogen (secondary N) is 1. The molecule has 1 aliphatic rings. The summed E-state index contributed by atoms with van der Waals surface area (Å²) in [6, 6.07) is 3.61. The van der Waals surface area contributed by atoms with E-state index in [0.717, 1.165) is 5.69 Å². The van der Waals surface area contributed by atoms with E-state index < -0.39 is 10.2 Å². The maximum absolute atomic E-state index is 11.7. The smallest absolute Gasteiger partial charge is 0.279 e. The number of rotatable bonds is 3. The van der Waals surface area contributed by atoms with Crippen molar-refractivity contribution in [3.05, 3.63) is 17.5 Å². The van der Waals surface area contributed by atoms with Gasteiger partial charge in [0.15, 0.2) is 0 Å². The van der Waals surface area contributed by atoms with E-state index in [0.29, 0.717) is 37.8 Å². The molecule has 1 fully saturated rings. The first-order valence-corrected chi connectivity index (χ1v) is 7.59. The second kappa shape index (κ2) is 5.70. The summed E-state index contributed by atoms with van der Waals surface area (Å²) in [5.74, 6) is 0.475. The molecule has 2 heterocycles. The quantitative estimate of drug-likeness (QED) is 0.787. The van der Waals surface area contributed by atoms with Gasteiger partial charge in [-0.3, -0.25) is 0 Å². The first-order valence-electron chi connectivity index (χ1n) is 6.15. The van der Waals surface area contributed by atoms with Gasteiger partial charge in [-0.2, -0.15) is 18.0 Å². The van der Waals surface area contributed by atoms with Gasteiger partial charge >= 0.3 is 0 Å². The largest absolute Gasteiger partial charge is 0.338 e. The molecule has 1 N–H and O–H groups in total. The van der Waals surface area contributed by atoms with Crippen molar-refractivity contribution in [2.75, 3.05) is 38.1 Å². The van der Waals surface area contributed by atoms with Gasteiger partial charge in [-0.15, -0.1) is 0 Å². The molecule has 0 atom stereocenters. The molecule has 0 aliphatic carbocycles. The summed E-state index contributed by atoms with van der Waals surface area (Å²) < 4.78 is 27.0. The van der Waals surface area contributed by atoms with E-state index in [1.165, 1.54) is 11.4 Å². The van der Waals surface area contributed by atoms with Gasteiger partial charge in [-0.1, -0.05) is 0 Å². The molecule has 0 bridgehead atoms. The molecule has 1 saturated heterocycles. The fourth-order valence-electron chi connectivity index (χ4n) is 2.01. The normalized spacial score (nSPS) is 16.9. The van der Waals surface area contributed by atoms with E-state index in [1.807, 2.05) is 11.0 Å². The zero-order valence-corrected chi connectivity index (χ0v) is 12.2. The lowest BCUT2D eigenvalue weighted by atomic mass is 10.3. The number of hydrogen-bond donors (Lipinski definition) is 1. The number of hydrogen-bond acceptors (Lipinski definition) is 6. The second-order valence-corrected chi connectivity index (χ2v) is 6.28. The van der Waals surface area contributed by atoms with Crippen molar-refractivity contribution in [2.45, 2.75) is 6.92 Å². The van der Waals surface area contributed by atoms with Crippen LogP contribution in [0.1, 0.15) is 11.4 Å². The van der Waals surface area contributed by atoms with Gasteiger partial charge in [0.25, 0.3) is 10.2 Å². The summed E-state index contributed by atoms with van der Waals surface area (Å²) in [4.78, 5) is 10.3. The minimum Gasteiger partial charge on any atom is -0.338 e. The van der Waals surface area contributed by atoms with Gasteiger partial charge in [-0.25, -0.2) is 14.7 Å². The number of nitrogens with zero attached hydrogens (tertiary/aromatic N) is 5. The molecule has 0 unspecified atom stereocenters. The van der Waals surface area contributed by atoms with Crippen LogP contribution in [0.15, 0.2) is 6.07 Å². The molecular formula is C11H16N6O2S. The Kier molecular flexibility index (Phi) is 4.17. The van der Waals surface area contributed by atoms with Crippen molar-refractivity contribution < 1.29 is 8.42 Å². The average Bonchev–Trinajstić information content (AvgIpc) is 2.46. The summed E-state index contributed by atoms with van der Waals surface area (Å²) in [7, 11) is -1.99. The zero-order valence-electron chi connectivity index (χ0n) is 11.4. The van der Waals surface area contributed by atoms with E-state index in [4.69, 9.17) is 5.26 Å². The zero-order chi connectivity index (χ0) is 14.8. The Morgan fingerprint density at radius 1 is 1.30 bits per heavy atom. The Hall–Kier alpha value is -1.76. The average molecular weight is 296 g/mol. The Bertz CT molecular complexity index is 631. The van der Waals surface area contributed by atoms with Crippen molar-refractivity contribution in [3.8, 4) is 6.07 Å². The molecule has 0 radical (unpaired) electrons. The third-order valence-electron chi connectivity index (χ3n) is 3.08. The highest BCUT2D eigenvalue weighted by Crippen LogP contribution is 2.14. The van der Waals surface area contributed by atoms with Crippen LogP contribution in [0.5, 0.6) is 0 Å². The molecule has 1 aliphatic heterocycles. The molecule has 0 spiro atoms. The van der Waals surface area contributed by atoms with Gasteiger partial charge in [0.2, 0.25) is 5.95 Å². The predicted octanol–water partition coefficient (Wildman–Crippen LogP) is -0.757. The summed E-state index contributed by atoms with van der Waals surface area (Å²) in [6.45, 7) is 3.52. The third-order valence-corrected chi connectivity index (χ3v) is 4.64. The van der Waals surface area contributed by atoms with Crippen LogP contribution in [-0.4, -0.2) is 55.9 Å². The van der Waals surface area contributed by atoms with Gasteiger partial charge in [-0.05, 0) is 13.0 Å². The Morgan fingerprint density at radius 2 is 1.95 bits per heavy atom.